The van der Waals surface area contributed by atoms with Crippen LogP contribution in [-0.4, -0.2) is 18.1 Å². The molecular weight excluding hydrogens is 183 g/mol. The van der Waals surface area contributed by atoms with Gasteiger partial charge in [0.15, 0.2) is 0 Å². The molecule has 0 aromatic heterocycles. The highest BCUT2D eigenvalue weighted by Gasteiger charge is 2.33. The topological polar surface area (TPSA) is 34.1 Å². The zero-order valence-corrected chi connectivity index (χ0v) is 8.17. The first-order valence-electron chi connectivity index (χ1n) is 4.36. The Labute approximate surface area is 77.3 Å². The van der Waals surface area contributed by atoms with E-state index in [-0.39, 0.29) is 11.9 Å². The molecule has 1 fully saturated rings. The van der Waals surface area contributed by atoms with Crippen molar-refractivity contribution in [2.75, 3.05) is 12.3 Å². The van der Waals surface area contributed by atoms with Gasteiger partial charge >= 0.3 is 0 Å². The highest BCUT2D eigenvalue weighted by atomic mass is 31.2. The molecule has 0 spiro atoms. The van der Waals surface area contributed by atoms with Crippen molar-refractivity contribution in [2.24, 2.45) is 0 Å². The van der Waals surface area contributed by atoms with Gasteiger partial charge in [-0.05, 0) is 0 Å². The average Bonchev–Trinajstić information content (AvgIpc) is 2.49. The summed E-state index contributed by atoms with van der Waals surface area (Å²) in [5, 5.41) is 0.862. The van der Waals surface area contributed by atoms with E-state index in [9.17, 15) is 9.36 Å². The van der Waals surface area contributed by atoms with Crippen LogP contribution >= 0.6 is 7.14 Å². The van der Waals surface area contributed by atoms with Crippen LogP contribution in [0.3, 0.4) is 0 Å². The van der Waals surface area contributed by atoms with Gasteiger partial charge in [0, 0.05) is 17.9 Å². The van der Waals surface area contributed by atoms with Crippen LogP contribution in [0.15, 0.2) is 30.3 Å². The van der Waals surface area contributed by atoms with Gasteiger partial charge in [0.2, 0.25) is 0 Å². The number of Topliss-reactive ketones (excluding diaryl/α,β-unsaturated/α-hetero) is 1. The maximum absolute atomic E-state index is 12.2. The van der Waals surface area contributed by atoms with Crippen LogP contribution in [0.1, 0.15) is 6.42 Å². The van der Waals surface area contributed by atoms with Crippen molar-refractivity contribution in [3.8, 4) is 0 Å². The average molecular weight is 194 g/mol. The number of benzene rings is 1. The molecule has 1 unspecified atom stereocenters. The molecule has 1 aliphatic rings. The number of carbonyl (C=O) groups is 1. The summed E-state index contributed by atoms with van der Waals surface area (Å²) in [4.78, 5) is 11.1. The van der Waals surface area contributed by atoms with E-state index in [1.807, 2.05) is 30.3 Å². The lowest BCUT2D eigenvalue weighted by molar-refractivity contribution is -0.115. The van der Waals surface area contributed by atoms with Crippen molar-refractivity contribution in [2.45, 2.75) is 6.42 Å². The van der Waals surface area contributed by atoms with Crippen molar-refractivity contribution < 1.29 is 9.36 Å². The molecule has 0 radical (unpaired) electrons. The fourth-order valence-corrected chi connectivity index (χ4v) is 4.32. The van der Waals surface area contributed by atoms with E-state index in [2.05, 4.69) is 0 Å². The summed E-state index contributed by atoms with van der Waals surface area (Å²) in [6.45, 7) is 0. The minimum atomic E-state index is -2.33. The summed E-state index contributed by atoms with van der Waals surface area (Å²) >= 11 is 0. The predicted molar refractivity (Wildman–Crippen MR) is 53.0 cm³/mol. The predicted octanol–water partition coefficient (Wildman–Crippen LogP) is 1.65. The van der Waals surface area contributed by atoms with Crippen LogP contribution < -0.4 is 5.30 Å². The van der Waals surface area contributed by atoms with Gasteiger partial charge in [-0.15, -0.1) is 0 Å². The smallest absolute Gasteiger partial charge is 0.140 e. The Morgan fingerprint density at radius 3 is 2.38 bits per heavy atom. The van der Waals surface area contributed by atoms with E-state index < -0.39 is 7.14 Å². The molecule has 68 valence electrons. The Hall–Kier alpha value is -0.880. The van der Waals surface area contributed by atoms with Gasteiger partial charge < -0.3 is 4.57 Å². The molecule has 0 amide bonds. The second kappa shape index (κ2) is 3.12. The Bertz CT molecular complexity index is 370. The van der Waals surface area contributed by atoms with E-state index >= 15 is 0 Å². The highest BCUT2D eigenvalue weighted by Crippen LogP contribution is 2.49. The molecule has 0 aliphatic carbocycles. The molecular formula is C10H11O2P. The fraction of sp³-hybridized carbons (Fsp3) is 0.300. The molecule has 1 saturated heterocycles. The summed E-state index contributed by atoms with van der Waals surface area (Å²) in [7, 11) is -2.33. The van der Waals surface area contributed by atoms with Gasteiger partial charge in [-0.2, -0.15) is 0 Å². The molecule has 1 aromatic carbocycles. The van der Waals surface area contributed by atoms with Gasteiger partial charge in [-0.1, -0.05) is 30.3 Å². The molecule has 0 N–H and O–H groups in total. The largest absolute Gasteiger partial charge is 0.318 e. The van der Waals surface area contributed by atoms with Crippen LogP contribution in [0.5, 0.6) is 0 Å². The maximum atomic E-state index is 12.2. The quantitative estimate of drug-likeness (QED) is 0.637. The van der Waals surface area contributed by atoms with E-state index in [1.165, 1.54) is 0 Å². The summed E-state index contributed by atoms with van der Waals surface area (Å²) in [5.41, 5.74) is 0. The third kappa shape index (κ3) is 1.59. The Balaban J connectivity index is 2.37. The monoisotopic (exact) mass is 194 g/mol. The van der Waals surface area contributed by atoms with Crippen LogP contribution in [-0.2, 0) is 9.36 Å². The molecule has 0 saturated carbocycles. The fourth-order valence-electron chi connectivity index (χ4n) is 1.67. The zero-order valence-electron chi connectivity index (χ0n) is 7.27. The van der Waals surface area contributed by atoms with Crippen molar-refractivity contribution in [3.63, 3.8) is 0 Å². The summed E-state index contributed by atoms with van der Waals surface area (Å²) in [5.74, 6) is 0.146. The Kier molecular flexibility index (Phi) is 2.09. The lowest BCUT2D eigenvalue weighted by Crippen LogP contribution is -2.06. The normalized spacial score (nSPS) is 27.8. The van der Waals surface area contributed by atoms with Gasteiger partial charge in [0.25, 0.3) is 0 Å². The molecule has 2 nitrogen and oxygen atoms in total. The second-order valence-electron chi connectivity index (χ2n) is 3.40. The Morgan fingerprint density at radius 2 is 1.85 bits per heavy atom. The molecule has 0 bridgehead atoms. The van der Waals surface area contributed by atoms with Crippen molar-refractivity contribution in [1.29, 1.82) is 0 Å². The lowest BCUT2D eigenvalue weighted by atomic mass is 10.4. The molecule has 2 rings (SSSR count). The van der Waals surface area contributed by atoms with Crippen LogP contribution in [0.2, 0.25) is 0 Å². The SMILES string of the molecule is O=C1CCP(=O)(c2ccccc2)C1. The number of hydrogen-bond donors (Lipinski definition) is 0. The highest BCUT2D eigenvalue weighted by molar-refractivity contribution is 7.73. The van der Waals surface area contributed by atoms with Crippen molar-refractivity contribution in [1.82, 2.24) is 0 Å². The minimum Gasteiger partial charge on any atom is -0.318 e. The van der Waals surface area contributed by atoms with Crippen molar-refractivity contribution >= 4 is 18.2 Å². The third-order valence-corrected chi connectivity index (χ3v) is 5.46. The molecule has 3 heteroatoms. The maximum Gasteiger partial charge on any atom is 0.140 e. The van der Waals surface area contributed by atoms with Crippen LogP contribution in [0.25, 0.3) is 0 Å². The van der Waals surface area contributed by atoms with Crippen molar-refractivity contribution in [3.05, 3.63) is 30.3 Å². The summed E-state index contributed by atoms with van der Waals surface area (Å²) in [6, 6.07) is 9.36. The number of hydrogen-bond acceptors (Lipinski definition) is 2. The molecule has 1 atom stereocenters. The second-order valence-corrected chi connectivity index (χ2v) is 6.45. The molecule has 13 heavy (non-hydrogen) atoms. The number of rotatable bonds is 1. The van der Waals surface area contributed by atoms with E-state index in [4.69, 9.17) is 0 Å². The van der Waals surface area contributed by atoms with E-state index in [0.29, 0.717) is 12.6 Å². The summed E-state index contributed by atoms with van der Waals surface area (Å²) in [6.07, 6.45) is 1.33. The standard InChI is InChI=1S/C10H11O2P/c11-9-6-7-13(12,8-9)10-4-2-1-3-5-10/h1-5H,6-8H2. The van der Waals surface area contributed by atoms with Crippen LogP contribution in [0.4, 0.5) is 0 Å². The number of ketones is 1. The first-order valence-corrected chi connectivity index (χ1v) is 6.44. The van der Waals surface area contributed by atoms with Crippen LogP contribution in [0, 0.1) is 0 Å². The van der Waals surface area contributed by atoms with Gasteiger partial charge in [-0.3, -0.25) is 4.79 Å². The molecule has 1 aromatic rings. The zero-order chi connectivity index (χ0) is 9.31. The summed E-state index contributed by atoms with van der Waals surface area (Å²) < 4.78 is 12.2. The first-order chi connectivity index (χ1) is 6.21. The lowest BCUT2D eigenvalue weighted by Gasteiger charge is -2.08. The van der Waals surface area contributed by atoms with E-state index in [1.54, 1.807) is 0 Å². The Morgan fingerprint density at radius 1 is 1.15 bits per heavy atom. The van der Waals surface area contributed by atoms with E-state index in [0.717, 1.165) is 5.30 Å². The van der Waals surface area contributed by atoms with Gasteiger partial charge in [-0.25, -0.2) is 0 Å². The minimum absolute atomic E-state index is 0.146. The molecule has 1 aliphatic heterocycles. The van der Waals surface area contributed by atoms with Gasteiger partial charge in [0.1, 0.15) is 12.9 Å². The molecule has 1 heterocycles. The first kappa shape index (κ1) is 8.71. The number of carbonyl (C=O) groups excluding carboxylic acids is 1. The third-order valence-electron chi connectivity index (χ3n) is 2.41. The van der Waals surface area contributed by atoms with Gasteiger partial charge in [0.05, 0.1) is 6.16 Å².